The largest absolute Gasteiger partial charge is 0.350 e. The van der Waals surface area contributed by atoms with E-state index in [2.05, 4.69) is 10.6 Å². The number of benzene rings is 1. The summed E-state index contributed by atoms with van der Waals surface area (Å²) in [5.41, 5.74) is 0.770. The standard InChI is InChI=1S/C17H25N3O3/c1-6-20(11-15(22)19-17(3,4)5)16(23)13-7-9-14(10-8-13)18-12(2)21/h7-10H,6,11H2,1-5H3,(H,18,21)(H,19,22). The van der Waals surface area contributed by atoms with E-state index in [9.17, 15) is 14.4 Å². The molecule has 0 unspecified atom stereocenters. The lowest BCUT2D eigenvalue weighted by molar-refractivity contribution is -0.123. The third-order valence-corrected chi connectivity index (χ3v) is 2.97. The molecule has 1 aromatic rings. The van der Waals surface area contributed by atoms with Gasteiger partial charge in [-0.25, -0.2) is 0 Å². The number of carbonyl (C=O) groups excluding carboxylic acids is 3. The van der Waals surface area contributed by atoms with Crippen molar-refractivity contribution in [1.29, 1.82) is 0 Å². The summed E-state index contributed by atoms with van der Waals surface area (Å²) in [6.45, 7) is 9.38. The number of rotatable bonds is 5. The molecule has 3 amide bonds. The maximum absolute atomic E-state index is 12.5. The van der Waals surface area contributed by atoms with Gasteiger partial charge in [0, 0.05) is 30.3 Å². The van der Waals surface area contributed by atoms with Crippen LogP contribution in [0.3, 0.4) is 0 Å². The molecule has 2 N–H and O–H groups in total. The minimum atomic E-state index is -0.334. The van der Waals surface area contributed by atoms with Crippen molar-refractivity contribution in [3.8, 4) is 0 Å². The smallest absolute Gasteiger partial charge is 0.254 e. The van der Waals surface area contributed by atoms with Crippen LogP contribution in [-0.4, -0.2) is 41.2 Å². The SMILES string of the molecule is CCN(CC(=O)NC(C)(C)C)C(=O)c1ccc(NC(C)=O)cc1. The lowest BCUT2D eigenvalue weighted by Gasteiger charge is -2.25. The normalized spacial score (nSPS) is 10.8. The number of hydrogen-bond acceptors (Lipinski definition) is 3. The monoisotopic (exact) mass is 319 g/mol. The van der Waals surface area contributed by atoms with E-state index in [4.69, 9.17) is 0 Å². The fourth-order valence-electron chi connectivity index (χ4n) is 2.04. The van der Waals surface area contributed by atoms with E-state index in [0.29, 0.717) is 17.8 Å². The topological polar surface area (TPSA) is 78.5 Å². The van der Waals surface area contributed by atoms with E-state index in [-0.39, 0.29) is 29.8 Å². The predicted molar refractivity (Wildman–Crippen MR) is 90.2 cm³/mol. The second kappa shape index (κ2) is 7.76. The van der Waals surface area contributed by atoms with E-state index < -0.39 is 0 Å². The Morgan fingerprint density at radius 1 is 1.09 bits per heavy atom. The molecule has 0 aromatic heterocycles. The molecule has 0 fully saturated rings. The molecule has 0 bridgehead atoms. The highest BCUT2D eigenvalue weighted by atomic mass is 16.2. The van der Waals surface area contributed by atoms with Crippen molar-refractivity contribution >= 4 is 23.4 Å². The molecule has 6 heteroatoms. The van der Waals surface area contributed by atoms with Gasteiger partial charge in [-0.3, -0.25) is 14.4 Å². The molecule has 0 saturated heterocycles. The molecule has 1 rings (SSSR count). The molecule has 23 heavy (non-hydrogen) atoms. The maximum atomic E-state index is 12.5. The van der Waals surface area contributed by atoms with Gasteiger partial charge in [0.2, 0.25) is 11.8 Å². The number of carbonyl (C=O) groups is 3. The molecular formula is C17H25N3O3. The van der Waals surface area contributed by atoms with Crippen molar-refractivity contribution in [1.82, 2.24) is 10.2 Å². The zero-order valence-corrected chi connectivity index (χ0v) is 14.4. The van der Waals surface area contributed by atoms with Crippen LogP contribution in [-0.2, 0) is 9.59 Å². The molecular weight excluding hydrogens is 294 g/mol. The Morgan fingerprint density at radius 2 is 1.65 bits per heavy atom. The molecule has 0 saturated carbocycles. The lowest BCUT2D eigenvalue weighted by atomic mass is 10.1. The number of nitrogens with one attached hydrogen (secondary N) is 2. The number of amides is 3. The van der Waals surface area contributed by atoms with Crippen molar-refractivity contribution in [2.45, 2.75) is 40.2 Å². The Morgan fingerprint density at radius 3 is 2.09 bits per heavy atom. The van der Waals surface area contributed by atoms with E-state index in [1.54, 1.807) is 24.3 Å². The number of nitrogens with zero attached hydrogens (tertiary/aromatic N) is 1. The zero-order chi connectivity index (χ0) is 17.6. The fourth-order valence-corrected chi connectivity index (χ4v) is 2.04. The van der Waals surface area contributed by atoms with Gasteiger partial charge in [0.1, 0.15) is 0 Å². The first-order valence-corrected chi connectivity index (χ1v) is 7.60. The first kappa shape index (κ1) is 18.7. The van der Waals surface area contributed by atoms with Crippen LogP contribution < -0.4 is 10.6 Å². The van der Waals surface area contributed by atoms with Crippen LogP contribution in [0.5, 0.6) is 0 Å². The van der Waals surface area contributed by atoms with Gasteiger partial charge in [-0.1, -0.05) is 0 Å². The summed E-state index contributed by atoms with van der Waals surface area (Å²) in [4.78, 5) is 36.9. The van der Waals surface area contributed by atoms with Crippen LogP contribution in [0.15, 0.2) is 24.3 Å². The summed E-state index contributed by atoms with van der Waals surface area (Å²) in [7, 11) is 0. The van der Waals surface area contributed by atoms with E-state index >= 15 is 0 Å². The van der Waals surface area contributed by atoms with Crippen LogP contribution in [0.2, 0.25) is 0 Å². The zero-order valence-electron chi connectivity index (χ0n) is 14.4. The highest BCUT2D eigenvalue weighted by molar-refractivity contribution is 5.97. The van der Waals surface area contributed by atoms with Gasteiger partial charge in [0.25, 0.3) is 5.91 Å². The average molecular weight is 319 g/mol. The summed E-state index contributed by atoms with van der Waals surface area (Å²) < 4.78 is 0. The summed E-state index contributed by atoms with van der Waals surface area (Å²) in [5.74, 6) is -0.577. The second-order valence-electron chi connectivity index (χ2n) is 6.38. The number of anilines is 1. The molecule has 1 aromatic carbocycles. The van der Waals surface area contributed by atoms with Gasteiger partial charge in [0.15, 0.2) is 0 Å². The van der Waals surface area contributed by atoms with Crippen molar-refractivity contribution in [2.24, 2.45) is 0 Å². The molecule has 0 aliphatic carbocycles. The molecule has 0 heterocycles. The lowest BCUT2D eigenvalue weighted by Crippen LogP contribution is -2.47. The second-order valence-corrected chi connectivity index (χ2v) is 6.38. The molecule has 0 aliphatic heterocycles. The quantitative estimate of drug-likeness (QED) is 0.871. The van der Waals surface area contributed by atoms with Crippen LogP contribution in [0, 0.1) is 0 Å². The Balaban J connectivity index is 2.76. The minimum absolute atomic E-state index is 0.0139. The molecule has 0 radical (unpaired) electrons. The van der Waals surface area contributed by atoms with E-state index in [1.807, 2.05) is 27.7 Å². The van der Waals surface area contributed by atoms with E-state index in [0.717, 1.165) is 0 Å². The van der Waals surface area contributed by atoms with Crippen LogP contribution >= 0.6 is 0 Å². The van der Waals surface area contributed by atoms with Gasteiger partial charge >= 0.3 is 0 Å². The van der Waals surface area contributed by atoms with Gasteiger partial charge in [0.05, 0.1) is 6.54 Å². The van der Waals surface area contributed by atoms with Gasteiger partial charge in [-0.2, -0.15) is 0 Å². The first-order chi connectivity index (χ1) is 10.6. The highest BCUT2D eigenvalue weighted by Gasteiger charge is 2.20. The maximum Gasteiger partial charge on any atom is 0.254 e. The predicted octanol–water partition coefficient (Wildman–Crippen LogP) is 2.02. The molecule has 0 aliphatic rings. The third kappa shape index (κ3) is 6.50. The Labute approximate surface area is 137 Å². The minimum Gasteiger partial charge on any atom is -0.350 e. The van der Waals surface area contributed by atoms with Crippen LogP contribution in [0.25, 0.3) is 0 Å². The van der Waals surface area contributed by atoms with Crippen molar-refractivity contribution in [3.05, 3.63) is 29.8 Å². The molecule has 6 nitrogen and oxygen atoms in total. The number of hydrogen-bond donors (Lipinski definition) is 2. The molecule has 126 valence electrons. The third-order valence-electron chi connectivity index (χ3n) is 2.97. The Bertz CT molecular complexity index is 574. The van der Waals surface area contributed by atoms with Crippen LogP contribution in [0.1, 0.15) is 45.0 Å². The van der Waals surface area contributed by atoms with Gasteiger partial charge in [-0.05, 0) is 52.0 Å². The highest BCUT2D eigenvalue weighted by Crippen LogP contribution is 2.12. The van der Waals surface area contributed by atoms with Crippen molar-refractivity contribution < 1.29 is 14.4 Å². The van der Waals surface area contributed by atoms with Gasteiger partial charge in [-0.15, -0.1) is 0 Å². The van der Waals surface area contributed by atoms with E-state index in [1.165, 1.54) is 11.8 Å². The molecule has 0 atom stereocenters. The number of likely N-dealkylation sites (N-methyl/N-ethyl adjacent to an activating group) is 1. The summed E-state index contributed by atoms with van der Waals surface area (Å²) in [5, 5.41) is 5.48. The summed E-state index contributed by atoms with van der Waals surface area (Å²) in [6, 6.07) is 6.60. The van der Waals surface area contributed by atoms with Crippen molar-refractivity contribution in [3.63, 3.8) is 0 Å². The fraction of sp³-hybridized carbons (Fsp3) is 0.471. The summed E-state index contributed by atoms with van der Waals surface area (Å²) in [6.07, 6.45) is 0. The Hall–Kier alpha value is -2.37. The summed E-state index contributed by atoms with van der Waals surface area (Å²) >= 11 is 0. The van der Waals surface area contributed by atoms with Gasteiger partial charge < -0.3 is 15.5 Å². The average Bonchev–Trinajstić information content (AvgIpc) is 2.42. The first-order valence-electron chi connectivity index (χ1n) is 7.60. The van der Waals surface area contributed by atoms with Crippen molar-refractivity contribution in [2.75, 3.05) is 18.4 Å². The van der Waals surface area contributed by atoms with Crippen LogP contribution in [0.4, 0.5) is 5.69 Å². The molecule has 0 spiro atoms. The Kier molecular flexibility index (Phi) is 6.30.